The molecule has 0 bridgehead atoms. The number of nitrogens with one attached hydrogen (secondary N) is 1. The third kappa shape index (κ3) is 3.32. The average Bonchev–Trinajstić information content (AvgIpc) is 2.78. The maximum atomic E-state index is 11.6. The van der Waals surface area contributed by atoms with Gasteiger partial charge in [0.15, 0.2) is 0 Å². The summed E-state index contributed by atoms with van der Waals surface area (Å²) < 4.78 is 0. The van der Waals surface area contributed by atoms with E-state index in [4.69, 9.17) is 5.73 Å². The lowest BCUT2D eigenvalue weighted by Gasteiger charge is -2.24. The van der Waals surface area contributed by atoms with Crippen LogP contribution < -0.4 is 11.1 Å². The molecule has 0 aliphatic heterocycles. The highest BCUT2D eigenvalue weighted by Crippen LogP contribution is 2.26. The van der Waals surface area contributed by atoms with Crippen LogP contribution in [0.2, 0.25) is 0 Å². The smallest absolute Gasteiger partial charge is 0.236 e. The summed E-state index contributed by atoms with van der Waals surface area (Å²) >= 11 is 1.71. The third-order valence-electron chi connectivity index (χ3n) is 2.67. The highest BCUT2D eigenvalue weighted by molar-refractivity contribution is 7.10. The molecule has 3 nitrogen and oxygen atoms in total. The maximum absolute atomic E-state index is 11.6. The Kier molecular flexibility index (Phi) is 4.50. The van der Waals surface area contributed by atoms with Crippen molar-refractivity contribution in [3.05, 3.63) is 22.4 Å². The predicted molar refractivity (Wildman–Crippen MR) is 68.6 cm³/mol. The Morgan fingerprint density at radius 2 is 2.31 bits per heavy atom. The summed E-state index contributed by atoms with van der Waals surface area (Å²) in [5.74, 6) is -0.0628. The summed E-state index contributed by atoms with van der Waals surface area (Å²) in [6.07, 6.45) is 0.672. The van der Waals surface area contributed by atoms with Gasteiger partial charge in [-0.05, 0) is 17.9 Å². The van der Waals surface area contributed by atoms with Gasteiger partial charge in [0.05, 0.1) is 6.04 Å². The first-order valence-corrected chi connectivity index (χ1v) is 6.42. The van der Waals surface area contributed by atoms with E-state index in [-0.39, 0.29) is 17.4 Å². The topological polar surface area (TPSA) is 55.1 Å². The summed E-state index contributed by atoms with van der Waals surface area (Å²) in [7, 11) is 0. The molecule has 90 valence electrons. The van der Waals surface area contributed by atoms with Gasteiger partial charge in [-0.3, -0.25) is 4.79 Å². The molecule has 0 aliphatic rings. The molecule has 0 unspecified atom stereocenters. The maximum Gasteiger partial charge on any atom is 0.236 e. The van der Waals surface area contributed by atoms with Gasteiger partial charge >= 0.3 is 0 Å². The molecular weight excluding hydrogens is 220 g/mol. The Labute approximate surface area is 101 Å². The van der Waals surface area contributed by atoms with E-state index in [1.165, 1.54) is 4.88 Å². The molecule has 0 aliphatic carbocycles. The van der Waals surface area contributed by atoms with Crippen LogP contribution in [0.25, 0.3) is 0 Å². The molecule has 4 heteroatoms. The van der Waals surface area contributed by atoms with Crippen molar-refractivity contribution in [3.8, 4) is 0 Å². The third-order valence-corrected chi connectivity index (χ3v) is 3.91. The van der Waals surface area contributed by atoms with Gasteiger partial charge in [0.2, 0.25) is 5.91 Å². The Hall–Kier alpha value is -0.870. The number of hydrogen-bond donors (Lipinski definition) is 2. The monoisotopic (exact) mass is 240 g/mol. The lowest BCUT2D eigenvalue weighted by atomic mass is 9.91. The van der Waals surface area contributed by atoms with Crippen molar-refractivity contribution in [2.24, 2.45) is 5.73 Å². The van der Waals surface area contributed by atoms with Crippen molar-refractivity contribution in [1.29, 1.82) is 0 Å². The van der Waals surface area contributed by atoms with Gasteiger partial charge in [-0.2, -0.15) is 0 Å². The van der Waals surface area contributed by atoms with Crippen LogP contribution in [0.4, 0.5) is 0 Å². The molecule has 1 heterocycles. The van der Waals surface area contributed by atoms with E-state index in [1.54, 1.807) is 11.3 Å². The summed E-state index contributed by atoms with van der Waals surface area (Å²) in [4.78, 5) is 12.8. The first-order valence-electron chi connectivity index (χ1n) is 5.54. The van der Waals surface area contributed by atoms with Gasteiger partial charge in [-0.1, -0.05) is 26.8 Å². The highest BCUT2D eigenvalue weighted by atomic mass is 32.1. The van der Waals surface area contributed by atoms with Crippen molar-refractivity contribution in [2.75, 3.05) is 6.54 Å². The fraction of sp³-hybridized carbons (Fsp3) is 0.583. The summed E-state index contributed by atoms with van der Waals surface area (Å²) in [5, 5.41) is 4.96. The van der Waals surface area contributed by atoms with Crippen LogP contribution in [0.5, 0.6) is 0 Å². The van der Waals surface area contributed by atoms with Gasteiger partial charge in [-0.15, -0.1) is 11.3 Å². The number of carbonyl (C=O) groups is 1. The molecule has 1 amide bonds. The van der Waals surface area contributed by atoms with E-state index in [0.29, 0.717) is 13.0 Å². The van der Waals surface area contributed by atoms with Crippen molar-refractivity contribution in [1.82, 2.24) is 5.32 Å². The van der Waals surface area contributed by atoms with E-state index >= 15 is 0 Å². The molecular formula is C12H20N2OS. The fourth-order valence-electron chi connectivity index (χ4n) is 1.38. The lowest BCUT2D eigenvalue weighted by molar-refractivity contribution is -0.122. The van der Waals surface area contributed by atoms with E-state index in [9.17, 15) is 4.79 Å². The van der Waals surface area contributed by atoms with Gasteiger partial charge in [0, 0.05) is 16.8 Å². The summed E-state index contributed by atoms with van der Waals surface area (Å²) in [6, 6.07) is 3.73. The van der Waals surface area contributed by atoms with Gasteiger partial charge in [-0.25, -0.2) is 0 Å². The van der Waals surface area contributed by atoms with E-state index in [2.05, 4.69) is 30.6 Å². The minimum atomic E-state index is -0.390. The molecule has 0 spiro atoms. The minimum Gasteiger partial charge on any atom is -0.354 e. The van der Waals surface area contributed by atoms with Crippen molar-refractivity contribution in [3.63, 3.8) is 0 Å². The number of nitrogens with two attached hydrogens (primary N) is 1. The number of thiophene rings is 1. The summed E-state index contributed by atoms with van der Waals surface area (Å²) in [5.41, 5.74) is 5.62. The molecule has 0 saturated heterocycles. The molecule has 1 aromatic rings. The van der Waals surface area contributed by atoms with E-state index in [0.717, 1.165) is 0 Å². The predicted octanol–water partition coefficient (Wildman–Crippen LogP) is 1.88. The minimum absolute atomic E-state index is 0.0305. The normalized spacial score (nSPS) is 13.5. The first kappa shape index (κ1) is 13.2. The number of hydrogen-bond acceptors (Lipinski definition) is 3. The Bertz CT molecular complexity index is 333. The molecule has 1 aromatic heterocycles. The van der Waals surface area contributed by atoms with Crippen LogP contribution in [0, 0.1) is 0 Å². The van der Waals surface area contributed by atoms with Gasteiger partial charge in [0.25, 0.3) is 0 Å². The van der Waals surface area contributed by atoms with Crippen LogP contribution in [0.15, 0.2) is 17.5 Å². The van der Waals surface area contributed by atoms with Gasteiger partial charge < -0.3 is 11.1 Å². The molecule has 0 aromatic carbocycles. The molecule has 16 heavy (non-hydrogen) atoms. The Morgan fingerprint density at radius 1 is 1.62 bits per heavy atom. The average molecular weight is 240 g/mol. The zero-order chi connectivity index (χ0) is 12.2. The zero-order valence-corrected chi connectivity index (χ0v) is 10.9. The Morgan fingerprint density at radius 3 is 2.81 bits per heavy atom. The van der Waals surface area contributed by atoms with Gasteiger partial charge in [0.1, 0.15) is 0 Å². The van der Waals surface area contributed by atoms with E-state index < -0.39 is 0 Å². The van der Waals surface area contributed by atoms with Crippen molar-refractivity contribution < 1.29 is 4.79 Å². The van der Waals surface area contributed by atoms with Crippen molar-refractivity contribution in [2.45, 2.75) is 38.6 Å². The van der Waals surface area contributed by atoms with Crippen LogP contribution >= 0.6 is 11.3 Å². The quantitative estimate of drug-likeness (QED) is 0.825. The zero-order valence-electron chi connectivity index (χ0n) is 10.1. The Balaban J connectivity index is 2.52. The lowest BCUT2D eigenvalue weighted by Crippen LogP contribution is -2.44. The second kappa shape index (κ2) is 5.46. The largest absolute Gasteiger partial charge is 0.354 e. The first-order chi connectivity index (χ1) is 7.47. The number of carbonyl (C=O) groups excluding carboxylic acids is 1. The molecule has 0 saturated carbocycles. The second-order valence-corrected chi connectivity index (χ2v) is 5.54. The molecule has 0 fully saturated rings. The number of amides is 1. The highest BCUT2D eigenvalue weighted by Gasteiger charge is 2.23. The van der Waals surface area contributed by atoms with Crippen LogP contribution in [-0.4, -0.2) is 18.5 Å². The fourth-order valence-corrected chi connectivity index (χ4v) is 2.23. The number of rotatable bonds is 5. The molecule has 1 rings (SSSR count). The molecule has 0 radical (unpaired) electrons. The van der Waals surface area contributed by atoms with Crippen molar-refractivity contribution >= 4 is 17.2 Å². The second-order valence-electron chi connectivity index (χ2n) is 4.59. The van der Waals surface area contributed by atoms with E-state index in [1.807, 2.05) is 13.0 Å². The SMILES string of the molecule is CC[C@H](N)C(=O)NCC(C)(C)c1cccs1. The molecule has 1 atom stereocenters. The van der Waals surface area contributed by atoms with Crippen LogP contribution in [0.1, 0.15) is 32.1 Å². The van der Waals surface area contributed by atoms with Crippen LogP contribution in [0.3, 0.4) is 0 Å². The molecule has 3 N–H and O–H groups in total. The standard InChI is InChI=1S/C12H20N2OS/c1-4-9(13)11(15)14-8-12(2,3)10-6-5-7-16-10/h5-7,9H,4,8,13H2,1-3H3,(H,14,15)/t9-/m0/s1. The van der Waals surface area contributed by atoms with Crippen LogP contribution in [-0.2, 0) is 10.2 Å². The summed E-state index contributed by atoms with van der Waals surface area (Å²) in [6.45, 7) is 6.78.